The molecule has 0 N–H and O–H groups in total. The number of carbonyl (C=O) groups excluding carboxylic acids is 2. The Morgan fingerprint density at radius 1 is 0.815 bits per heavy atom. The zero-order chi connectivity index (χ0) is 19.0. The van der Waals surface area contributed by atoms with Crippen molar-refractivity contribution >= 4 is 17.5 Å². The van der Waals surface area contributed by atoms with Gasteiger partial charge in [-0.1, -0.05) is 55.5 Å². The van der Waals surface area contributed by atoms with E-state index < -0.39 is 12.1 Å². The molecule has 2 heterocycles. The summed E-state index contributed by atoms with van der Waals surface area (Å²) in [6.45, 7) is 4.63. The van der Waals surface area contributed by atoms with Crippen LogP contribution < -0.4 is 4.90 Å². The van der Waals surface area contributed by atoms with Gasteiger partial charge in [0.1, 0.15) is 0 Å². The Kier molecular flexibility index (Phi) is 4.48. The molecule has 1 saturated heterocycles. The van der Waals surface area contributed by atoms with E-state index in [1.807, 2.05) is 36.4 Å². The van der Waals surface area contributed by atoms with Crippen LogP contribution >= 0.6 is 0 Å². The SMILES string of the molecule is CCc1ccc(CN2N=N[C@H]3C(=O)N(c4ccc(CC)cc4)C(=O)[C@H]32)cc1. The summed E-state index contributed by atoms with van der Waals surface area (Å²) in [5.41, 5.74) is 4.06. The molecule has 0 unspecified atom stereocenters. The molecule has 138 valence electrons. The Labute approximate surface area is 158 Å². The third kappa shape index (κ3) is 3.01. The Bertz CT molecular complexity index is 889. The van der Waals surface area contributed by atoms with Crippen molar-refractivity contribution in [2.75, 3.05) is 4.90 Å². The molecule has 1 fully saturated rings. The average Bonchev–Trinajstić information content (AvgIpc) is 3.22. The highest BCUT2D eigenvalue weighted by Crippen LogP contribution is 2.32. The number of fused-ring (bicyclic) bond motifs is 1. The van der Waals surface area contributed by atoms with Crippen LogP contribution in [0.3, 0.4) is 0 Å². The highest BCUT2D eigenvalue weighted by molar-refractivity contribution is 6.25. The van der Waals surface area contributed by atoms with Crippen LogP contribution in [0.15, 0.2) is 58.9 Å². The second-order valence-corrected chi connectivity index (χ2v) is 6.89. The fraction of sp³-hybridized carbons (Fsp3) is 0.333. The average molecular weight is 362 g/mol. The molecular formula is C21H22N4O2. The quantitative estimate of drug-likeness (QED) is 0.767. The first-order valence-electron chi connectivity index (χ1n) is 9.34. The lowest BCUT2D eigenvalue weighted by Crippen LogP contribution is -2.39. The van der Waals surface area contributed by atoms with Gasteiger partial charge < -0.3 is 0 Å². The van der Waals surface area contributed by atoms with E-state index in [9.17, 15) is 9.59 Å². The van der Waals surface area contributed by atoms with Crippen LogP contribution in [0.4, 0.5) is 5.69 Å². The molecule has 0 spiro atoms. The van der Waals surface area contributed by atoms with Gasteiger partial charge in [-0.15, -0.1) is 0 Å². The summed E-state index contributed by atoms with van der Waals surface area (Å²) in [7, 11) is 0. The van der Waals surface area contributed by atoms with E-state index in [1.54, 1.807) is 5.01 Å². The van der Waals surface area contributed by atoms with Crippen LogP contribution in [0.5, 0.6) is 0 Å². The van der Waals surface area contributed by atoms with Gasteiger partial charge in [-0.25, -0.2) is 4.90 Å². The van der Waals surface area contributed by atoms with Crippen molar-refractivity contribution in [1.29, 1.82) is 0 Å². The van der Waals surface area contributed by atoms with Crippen LogP contribution in [0.25, 0.3) is 0 Å². The standard InChI is InChI=1S/C21H22N4O2/c1-3-14-5-7-16(8-6-14)13-24-19-18(22-23-24)20(26)25(21(19)27)17-11-9-15(4-2)10-12-17/h5-12,18-19H,3-4,13H2,1-2H3/t18-,19+/m1/s1. The molecule has 0 aliphatic carbocycles. The highest BCUT2D eigenvalue weighted by atomic mass is 16.2. The number of benzene rings is 2. The molecule has 0 saturated carbocycles. The number of hydrogen-bond donors (Lipinski definition) is 0. The molecule has 0 aromatic heterocycles. The molecule has 6 nitrogen and oxygen atoms in total. The van der Waals surface area contributed by atoms with Gasteiger partial charge >= 0.3 is 0 Å². The van der Waals surface area contributed by atoms with Gasteiger partial charge in [0.05, 0.1) is 12.2 Å². The Balaban J connectivity index is 1.55. The van der Waals surface area contributed by atoms with Crippen molar-refractivity contribution in [3.63, 3.8) is 0 Å². The molecule has 2 aliphatic heterocycles. The third-order valence-electron chi connectivity index (χ3n) is 5.24. The highest BCUT2D eigenvalue weighted by Gasteiger charge is 2.54. The van der Waals surface area contributed by atoms with Crippen LogP contribution in [-0.2, 0) is 29.0 Å². The van der Waals surface area contributed by atoms with E-state index in [0.717, 1.165) is 24.0 Å². The van der Waals surface area contributed by atoms with Gasteiger partial charge in [0, 0.05) is 0 Å². The lowest BCUT2D eigenvalue weighted by molar-refractivity contribution is -0.123. The number of carbonyl (C=O) groups is 2. The zero-order valence-corrected chi connectivity index (χ0v) is 15.5. The maximum absolute atomic E-state index is 13.0. The summed E-state index contributed by atoms with van der Waals surface area (Å²) < 4.78 is 0. The molecule has 27 heavy (non-hydrogen) atoms. The van der Waals surface area contributed by atoms with Crippen LogP contribution in [0.2, 0.25) is 0 Å². The molecule has 2 amide bonds. The molecule has 2 aromatic carbocycles. The van der Waals surface area contributed by atoms with Gasteiger partial charge in [0.15, 0.2) is 12.1 Å². The summed E-state index contributed by atoms with van der Waals surface area (Å²) in [5, 5.41) is 9.82. The van der Waals surface area contributed by atoms with E-state index in [2.05, 4.69) is 36.3 Å². The first-order valence-corrected chi connectivity index (χ1v) is 9.34. The van der Waals surface area contributed by atoms with Crippen molar-refractivity contribution < 1.29 is 9.59 Å². The van der Waals surface area contributed by atoms with E-state index in [0.29, 0.717) is 12.2 Å². The fourth-order valence-electron chi connectivity index (χ4n) is 3.56. The summed E-state index contributed by atoms with van der Waals surface area (Å²) >= 11 is 0. The Hall–Kier alpha value is -3.02. The largest absolute Gasteiger partial charge is 0.271 e. The monoisotopic (exact) mass is 362 g/mol. The Morgan fingerprint density at radius 2 is 1.37 bits per heavy atom. The van der Waals surface area contributed by atoms with Crippen molar-refractivity contribution in [3.8, 4) is 0 Å². The van der Waals surface area contributed by atoms with Crippen molar-refractivity contribution in [2.45, 2.75) is 45.3 Å². The number of aryl methyl sites for hydroxylation is 2. The minimum Gasteiger partial charge on any atom is -0.271 e. The van der Waals surface area contributed by atoms with Gasteiger partial charge in [0.25, 0.3) is 11.8 Å². The predicted octanol–water partition coefficient (Wildman–Crippen LogP) is 3.30. The lowest BCUT2D eigenvalue weighted by atomic mass is 10.1. The molecular weight excluding hydrogens is 340 g/mol. The van der Waals surface area contributed by atoms with Gasteiger partial charge in [-0.2, -0.15) is 5.11 Å². The molecule has 2 atom stereocenters. The number of rotatable bonds is 5. The maximum atomic E-state index is 13.0. The van der Waals surface area contributed by atoms with Crippen molar-refractivity contribution in [1.82, 2.24) is 5.01 Å². The van der Waals surface area contributed by atoms with Crippen molar-refractivity contribution in [3.05, 3.63) is 65.2 Å². The number of imide groups is 1. The van der Waals surface area contributed by atoms with Gasteiger partial charge in [-0.05, 0) is 41.7 Å². The number of anilines is 1. The second-order valence-electron chi connectivity index (χ2n) is 6.89. The smallest absolute Gasteiger partial charge is 0.263 e. The molecule has 2 aliphatic rings. The molecule has 6 heteroatoms. The van der Waals surface area contributed by atoms with E-state index in [-0.39, 0.29) is 11.8 Å². The third-order valence-corrected chi connectivity index (χ3v) is 5.24. The first kappa shape index (κ1) is 17.4. The van der Waals surface area contributed by atoms with Gasteiger partial charge in [-0.3, -0.25) is 14.6 Å². The number of nitrogens with zero attached hydrogens (tertiary/aromatic N) is 4. The minimum absolute atomic E-state index is 0.260. The van der Waals surface area contributed by atoms with Crippen LogP contribution in [0, 0.1) is 0 Å². The summed E-state index contributed by atoms with van der Waals surface area (Å²) in [4.78, 5) is 27.0. The summed E-state index contributed by atoms with van der Waals surface area (Å²) in [6, 6.07) is 14.3. The minimum atomic E-state index is -0.752. The fourth-order valence-corrected chi connectivity index (χ4v) is 3.56. The maximum Gasteiger partial charge on any atom is 0.263 e. The topological polar surface area (TPSA) is 65.3 Å². The van der Waals surface area contributed by atoms with Gasteiger partial charge in [0.2, 0.25) is 0 Å². The Morgan fingerprint density at radius 3 is 1.96 bits per heavy atom. The normalized spacial score (nSPS) is 21.3. The molecule has 0 radical (unpaired) electrons. The zero-order valence-electron chi connectivity index (χ0n) is 15.5. The number of hydrogen-bond acceptors (Lipinski definition) is 5. The summed E-state index contributed by atoms with van der Waals surface area (Å²) in [5.74, 6) is -0.564. The van der Waals surface area contributed by atoms with Crippen LogP contribution in [-0.4, -0.2) is 28.9 Å². The van der Waals surface area contributed by atoms with Crippen LogP contribution in [0.1, 0.15) is 30.5 Å². The predicted molar refractivity (Wildman–Crippen MR) is 102 cm³/mol. The second kappa shape index (κ2) is 6.95. The summed E-state index contributed by atoms with van der Waals surface area (Å²) in [6.07, 6.45) is 1.89. The van der Waals surface area contributed by atoms with E-state index in [1.165, 1.54) is 10.5 Å². The molecule has 0 bridgehead atoms. The lowest BCUT2D eigenvalue weighted by Gasteiger charge is -2.21. The van der Waals surface area contributed by atoms with Crippen molar-refractivity contribution in [2.24, 2.45) is 10.3 Å². The van der Waals surface area contributed by atoms with E-state index in [4.69, 9.17) is 0 Å². The first-order chi connectivity index (χ1) is 13.1. The number of amides is 2. The molecule has 4 rings (SSSR count). The van der Waals surface area contributed by atoms with E-state index >= 15 is 0 Å². The molecule has 2 aromatic rings.